The Hall–Kier alpha value is -0.940. The fourth-order valence-electron chi connectivity index (χ4n) is 1.01. The highest BCUT2D eigenvalue weighted by Crippen LogP contribution is 2.23. The van der Waals surface area contributed by atoms with Gasteiger partial charge in [-0.1, -0.05) is 11.6 Å². The fraction of sp³-hybridized carbons (Fsp3) is 0.300. The maximum absolute atomic E-state index is 11.4. The minimum atomic E-state index is -0.253. The first-order valence-corrected chi connectivity index (χ1v) is 5.76. The predicted octanol–water partition coefficient (Wildman–Crippen LogP) is 2.81. The monoisotopic (exact) mass is 304 g/mol. The molecule has 0 radical (unpaired) electrons. The van der Waals surface area contributed by atoms with Crippen LogP contribution in [-0.4, -0.2) is 16.7 Å². The van der Waals surface area contributed by atoms with Gasteiger partial charge >= 0.3 is 0 Å². The van der Waals surface area contributed by atoms with E-state index in [1.54, 1.807) is 6.07 Å². The quantitative estimate of drug-likeness (QED) is 0.870. The summed E-state index contributed by atoms with van der Waals surface area (Å²) in [5.41, 5.74) is 0.435. The van der Waals surface area contributed by atoms with Gasteiger partial charge in [-0.2, -0.15) is 0 Å². The second-order valence-corrected chi connectivity index (χ2v) is 4.52. The Morgan fingerprint density at radius 2 is 2.19 bits per heavy atom. The number of pyridine rings is 1. The van der Waals surface area contributed by atoms with Crippen LogP contribution in [0.2, 0.25) is 5.15 Å². The molecular weight excluding hydrogens is 295 g/mol. The number of halogens is 2. The van der Waals surface area contributed by atoms with Crippen LogP contribution >= 0.6 is 27.5 Å². The molecule has 1 rings (SSSR count). The molecule has 1 amide bonds. The van der Waals surface area contributed by atoms with Crippen molar-refractivity contribution in [1.82, 2.24) is 4.98 Å². The first-order chi connectivity index (χ1) is 7.49. The average molecular weight is 306 g/mol. The van der Waals surface area contributed by atoms with E-state index in [-0.39, 0.29) is 29.7 Å². The molecule has 0 saturated heterocycles. The van der Waals surface area contributed by atoms with Crippen LogP contribution in [0.3, 0.4) is 0 Å². The zero-order chi connectivity index (χ0) is 12.1. The summed E-state index contributed by atoms with van der Waals surface area (Å²) in [6.45, 7) is 1.45. The van der Waals surface area contributed by atoms with E-state index in [1.807, 2.05) is 0 Å². The Morgan fingerprint density at radius 3 is 2.81 bits per heavy atom. The number of ketones is 1. The molecular formula is C10H10BrClN2O2. The number of rotatable bonds is 4. The van der Waals surface area contributed by atoms with E-state index >= 15 is 0 Å². The number of carbonyl (C=O) groups excluding carboxylic acids is 2. The highest BCUT2D eigenvalue weighted by atomic mass is 79.9. The van der Waals surface area contributed by atoms with E-state index in [2.05, 4.69) is 26.2 Å². The lowest BCUT2D eigenvalue weighted by molar-refractivity contribution is -0.121. The van der Waals surface area contributed by atoms with Crippen LogP contribution in [-0.2, 0) is 9.59 Å². The molecule has 86 valence electrons. The number of carbonyl (C=O) groups is 2. The van der Waals surface area contributed by atoms with Gasteiger partial charge in [0.2, 0.25) is 5.91 Å². The van der Waals surface area contributed by atoms with Gasteiger partial charge < -0.3 is 10.1 Å². The van der Waals surface area contributed by atoms with Crippen molar-refractivity contribution in [2.75, 3.05) is 5.32 Å². The third kappa shape index (κ3) is 4.28. The Labute approximate surface area is 107 Å². The van der Waals surface area contributed by atoms with Crippen molar-refractivity contribution in [3.8, 4) is 0 Å². The summed E-state index contributed by atoms with van der Waals surface area (Å²) in [5, 5.41) is 2.81. The maximum Gasteiger partial charge on any atom is 0.224 e. The Bertz CT molecular complexity index is 423. The number of aromatic nitrogens is 1. The predicted molar refractivity (Wildman–Crippen MR) is 65.5 cm³/mol. The van der Waals surface area contributed by atoms with Gasteiger partial charge in [-0.05, 0) is 28.9 Å². The van der Waals surface area contributed by atoms with Crippen LogP contribution < -0.4 is 5.32 Å². The van der Waals surface area contributed by atoms with Gasteiger partial charge in [-0.15, -0.1) is 0 Å². The van der Waals surface area contributed by atoms with Gasteiger partial charge in [0, 0.05) is 23.5 Å². The number of hydrogen-bond donors (Lipinski definition) is 1. The fourth-order valence-corrected chi connectivity index (χ4v) is 1.49. The molecule has 0 aliphatic carbocycles. The molecule has 0 atom stereocenters. The van der Waals surface area contributed by atoms with Gasteiger partial charge in [-0.3, -0.25) is 4.79 Å². The van der Waals surface area contributed by atoms with Gasteiger partial charge in [0.1, 0.15) is 5.78 Å². The van der Waals surface area contributed by atoms with Crippen LogP contribution in [0, 0.1) is 0 Å². The Balaban J connectivity index is 2.62. The second kappa shape index (κ2) is 5.96. The summed E-state index contributed by atoms with van der Waals surface area (Å²) < 4.78 is 0.721. The Morgan fingerprint density at radius 1 is 1.50 bits per heavy atom. The van der Waals surface area contributed by atoms with E-state index < -0.39 is 0 Å². The summed E-state index contributed by atoms with van der Waals surface area (Å²) in [4.78, 5) is 26.0. The van der Waals surface area contributed by atoms with Crippen molar-refractivity contribution in [1.29, 1.82) is 0 Å². The van der Waals surface area contributed by atoms with Crippen molar-refractivity contribution in [2.45, 2.75) is 19.8 Å². The highest BCUT2D eigenvalue weighted by Gasteiger charge is 2.08. The van der Waals surface area contributed by atoms with E-state index in [0.717, 1.165) is 4.47 Å². The van der Waals surface area contributed by atoms with Gasteiger partial charge in [0.05, 0.1) is 5.69 Å². The van der Waals surface area contributed by atoms with Gasteiger partial charge in [0.15, 0.2) is 5.15 Å². The van der Waals surface area contributed by atoms with E-state index in [0.29, 0.717) is 5.69 Å². The van der Waals surface area contributed by atoms with Crippen molar-refractivity contribution in [3.05, 3.63) is 21.9 Å². The minimum Gasteiger partial charge on any atom is -0.323 e. The van der Waals surface area contributed by atoms with Crippen LogP contribution in [0.4, 0.5) is 5.69 Å². The molecule has 1 aromatic rings. The standard InChI is InChI=1S/C10H10BrClN2O2/c1-6(15)2-3-9(16)14-8-4-7(11)5-13-10(8)12/h4-5H,2-3H2,1H3,(H,14,16). The van der Waals surface area contributed by atoms with Crippen molar-refractivity contribution >= 4 is 44.9 Å². The molecule has 0 aliphatic heterocycles. The first kappa shape index (κ1) is 13.1. The van der Waals surface area contributed by atoms with Crippen molar-refractivity contribution < 1.29 is 9.59 Å². The molecule has 1 heterocycles. The third-order valence-corrected chi connectivity index (χ3v) is 2.52. The summed E-state index contributed by atoms with van der Waals surface area (Å²) in [6.07, 6.45) is 1.91. The molecule has 4 nitrogen and oxygen atoms in total. The largest absolute Gasteiger partial charge is 0.323 e. The van der Waals surface area contributed by atoms with Crippen LogP contribution in [0.15, 0.2) is 16.7 Å². The zero-order valence-electron chi connectivity index (χ0n) is 8.59. The third-order valence-electron chi connectivity index (χ3n) is 1.78. The smallest absolute Gasteiger partial charge is 0.224 e. The molecule has 0 spiro atoms. The number of hydrogen-bond acceptors (Lipinski definition) is 3. The minimum absolute atomic E-state index is 0.0198. The molecule has 0 saturated carbocycles. The van der Waals surface area contributed by atoms with Crippen LogP contribution in [0.1, 0.15) is 19.8 Å². The van der Waals surface area contributed by atoms with Crippen molar-refractivity contribution in [2.24, 2.45) is 0 Å². The first-order valence-electron chi connectivity index (χ1n) is 4.59. The number of nitrogens with one attached hydrogen (secondary N) is 1. The molecule has 0 fully saturated rings. The SMILES string of the molecule is CC(=O)CCC(=O)Nc1cc(Br)cnc1Cl. The molecule has 16 heavy (non-hydrogen) atoms. The van der Waals surface area contributed by atoms with E-state index in [1.165, 1.54) is 13.1 Å². The number of anilines is 1. The van der Waals surface area contributed by atoms with E-state index in [9.17, 15) is 9.59 Å². The highest BCUT2D eigenvalue weighted by molar-refractivity contribution is 9.10. The summed E-state index contributed by atoms with van der Waals surface area (Å²) >= 11 is 9.01. The van der Waals surface area contributed by atoms with E-state index in [4.69, 9.17) is 11.6 Å². The van der Waals surface area contributed by atoms with Gasteiger partial charge in [0.25, 0.3) is 0 Å². The normalized spacial score (nSPS) is 9.94. The molecule has 0 aliphatic rings. The average Bonchev–Trinajstić information content (AvgIpc) is 2.20. The summed E-state index contributed by atoms with van der Waals surface area (Å²) in [6, 6.07) is 1.65. The molecule has 0 aromatic carbocycles. The summed E-state index contributed by atoms with van der Waals surface area (Å²) in [7, 11) is 0. The van der Waals surface area contributed by atoms with Crippen LogP contribution in [0.25, 0.3) is 0 Å². The lowest BCUT2D eigenvalue weighted by Gasteiger charge is -2.06. The number of nitrogens with zero attached hydrogens (tertiary/aromatic N) is 1. The van der Waals surface area contributed by atoms with Crippen molar-refractivity contribution in [3.63, 3.8) is 0 Å². The zero-order valence-corrected chi connectivity index (χ0v) is 10.9. The number of Topliss-reactive ketones (excluding diaryl/α,β-unsaturated/α-hetero) is 1. The van der Waals surface area contributed by atoms with Gasteiger partial charge in [-0.25, -0.2) is 4.98 Å². The van der Waals surface area contributed by atoms with Crippen LogP contribution in [0.5, 0.6) is 0 Å². The Kier molecular flexibility index (Phi) is 4.89. The molecule has 6 heteroatoms. The lowest BCUT2D eigenvalue weighted by Crippen LogP contribution is -2.13. The topological polar surface area (TPSA) is 59.1 Å². The summed E-state index contributed by atoms with van der Waals surface area (Å²) in [5.74, 6) is -0.273. The molecule has 1 aromatic heterocycles. The lowest BCUT2D eigenvalue weighted by atomic mass is 10.2. The molecule has 0 bridgehead atoms. The molecule has 0 unspecified atom stereocenters. The second-order valence-electron chi connectivity index (χ2n) is 3.24. The molecule has 1 N–H and O–H groups in total. The number of amides is 1. The maximum atomic E-state index is 11.4.